The lowest BCUT2D eigenvalue weighted by molar-refractivity contribution is 0.135. The van der Waals surface area contributed by atoms with E-state index in [1.54, 1.807) is 0 Å². The quantitative estimate of drug-likeness (QED) is 0.916. The Labute approximate surface area is 112 Å². The molecule has 1 N–H and O–H groups in total. The van der Waals surface area contributed by atoms with E-state index in [0.717, 1.165) is 24.2 Å². The molecule has 1 aromatic carbocycles. The Kier molecular flexibility index (Phi) is 2.90. The molecule has 1 heterocycles. The minimum absolute atomic E-state index is 0.0964. The molecule has 0 aliphatic heterocycles. The molecule has 1 fully saturated rings. The summed E-state index contributed by atoms with van der Waals surface area (Å²) in [4.78, 5) is 4.45. The van der Waals surface area contributed by atoms with Crippen molar-refractivity contribution in [2.45, 2.75) is 44.1 Å². The Hall–Kier alpha value is -1.68. The van der Waals surface area contributed by atoms with Crippen molar-refractivity contribution < 1.29 is 9.63 Å². The second-order valence-corrected chi connectivity index (χ2v) is 5.66. The summed E-state index contributed by atoms with van der Waals surface area (Å²) in [6.45, 7) is 4.05. The number of rotatable bonds is 4. The molecule has 1 saturated carbocycles. The van der Waals surface area contributed by atoms with Crippen LogP contribution in [-0.4, -0.2) is 15.2 Å². The maximum absolute atomic E-state index is 10.3. The largest absolute Gasteiger partial charge is 0.388 e. The van der Waals surface area contributed by atoms with Crippen LogP contribution in [-0.2, 0) is 5.41 Å². The third-order valence-corrected chi connectivity index (χ3v) is 3.99. The standard InChI is InChI=1S/C15H18N2O2/c1-10(12(18)11-6-4-3-5-7-11)13-16-14(17-19-13)15(2)8-9-15/h3-7,10,12,18H,8-9H2,1-2H3. The Morgan fingerprint density at radius 2 is 1.95 bits per heavy atom. The van der Waals surface area contributed by atoms with Gasteiger partial charge in [0.25, 0.3) is 0 Å². The molecule has 1 aliphatic carbocycles. The van der Waals surface area contributed by atoms with Gasteiger partial charge in [0.1, 0.15) is 0 Å². The summed E-state index contributed by atoms with van der Waals surface area (Å²) in [5, 5.41) is 14.4. The van der Waals surface area contributed by atoms with Gasteiger partial charge in [-0.15, -0.1) is 0 Å². The van der Waals surface area contributed by atoms with Gasteiger partial charge in [-0.3, -0.25) is 0 Å². The normalized spacial score (nSPS) is 19.9. The Morgan fingerprint density at radius 3 is 2.58 bits per heavy atom. The van der Waals surface area contributed by atoms with Crippen molar-refractivity contribution in [1.82, 2.24) is 10.1 Å². The molecule has 19 heavy (non-hydrogen) atoms. The topological polar surface area (TPSA) is 59.2 Å². The van der Waals surface area contributed by atoms with Crippen molar-refractivity contribution in [2.24, 2.45) is 0 Å². The molecule has 1 aliphatic rings. The Balaban J connectivity index is 1.80. The number of hydrogen-bond donors (Lipinski definition) is 1. The second kappa shape index (κ2) is 4.46. The zero-order valence-electron chi connectivity index (χ0n) is 11.2. The number of aliphatic hydroxyl groups is 1. The Bertz CT molecular complexity index is 561. The number of benzene rings is 1. The van der Waals surface area contributed by atoms with Gasteiger partial charge in [-0.05, 0) is 18.4 Å². The van der Waals surface area contributed by atoms with E-state index in [1.165, 1.54) is 0 Å². The highest BCUT2D eigenvalue weighted by molar-refractivity contribution is 5.21. The predicted octanol–water partition coefficient (Wildman–Crippen LogP) is 2.96. The van der Waals surface area contributed by atoms with Crippen LogP contribution in [0.15, 0.2) is 34.9 Å². The number of nitrogens with zero attached hydrogens (tertiary/aromatic N) is 2. The van der Waals surface area contributed by atoms with Gasteiger partial charge < -0.3 is 9.63 Å². The number of hydrogen-bond acceptors (Lipinski definition) is 4. The molecule has 2 aromatic rings. The SMILES string of the molecule is CC(c1nc(C2(C)CC2)no1)C(O)c1ccccc1. The van der Waals surface area contributed by atoms with Crippen molar-refractivity contribution in [3.05, 3.63) is 47.6 Å². The van der Waals surface area contributed by atoms with Crippen LogP contribution in [0.4, 0.5) is 0 Å². The summed E-state index contributed by atoms with van der Waals surface area (Å²) < 4.78 is 5.31. The highest BCUT2D eigenvalue weighted by Crippen LogP contribution is 2.46. The smallest absolute Gasteiger partial charge is 0.232 e. The average molecular weight is 258 g/mol. The van der Waals surface area contributed by atoms with Crippen LogP contribution in [0.1, 0.15) is 56.0 Å². The minimum Gasteiger partial charge on any atom is -0.388 e. The molecule has 0 bridgehead atoms. The monoisotopic (exact) mass is 258 g/mol. The van der Waals surface area contributed by atoms with Gasteiger partial charge in [0.05, 0.1) is 12.0 Å². The van der Waals surface area contributed by atoms with Crippen LogP contribution in [0.25, 0.3) is 0 Å². The third-order valence-electron chi connectivity index (χ3n) is 3.99. The van der Waals surface area contributed by atoms with Crippen LogP contribution >= 0.6 is 0 Å². The van der Waals surface area contributed by atoms with Crippen molar-refractivity contribution >= 4 is 0 Å². The molecule has 1 aromatic heterocycles. The molecule has 0 amide bonds. The first kappa shape index (κ1) is 12.4. The van der Waals surface area contributed by atoms with E-state index in [4.69, 9.17) is 4.52 Å². The van der Waals surface area contributed by atoms with E-state index in [9.17, 15) is 5.11 Å². The van der Waals surface area contributed by atoms with Gasteiger partial charge >= 0.3 is 0 Å². The van der Waals surface area contributed by atoms with E-state index >= 15 is 0 Å². The molecule has 2 unspecified atom stereocenters. The number of aliphatic hydroxyl groups excluding tert-OH is 1. The zero-order chi connectivity index (χ0) is 13.5. The molecule has 4 nitrogen and oxygen atoms in total. The fourth-order valence-corrected chi connectivity index (χ4v) is 2.15. The van der Waals surface area contributed by atoms with E-state index in [0.29, 0.717) is 5.89 Å². The molecule has 0 radical (unpaired) electrons. The van der Waals surface area contributed by atoms with Crippen molar-refractivity contribution in [2.75, 3.05) is 0 Å². The lowest BCUT2D eigenvalue weighted by Gasteiger charge is -2.15. The molecule has 3 rings (SSSR count). The van der Waals surface area contributed by atoms with E-state index in [2.05, 4.69) is 17.1 Å². The van der Waals surface area contributed by atoms with Gasteiger partial charge in [-0.1, -0.05) is 49.3 Å². The minimum atomic E-state index is -0.624. The first-order chi connectivity index (χ1) is 9.10. The van der Waals surface area contributed by atoms with E-state index < -0.39 is 6.10 Å². The van der Waals surface area contributed by atoms with Crippen molar-refractivity contribution in [3.63, 3.8) is 0 Å². The van der Waals surface area contributed by atoms with E-state index in [1.807, 2.05) is 37.3 Å². The van der Waals surface area contributed by atoms with Crippen LogP contribution < -0.4 is 0 Å². The summed E-state index contributed by atoms with van der Waals surface area (Å²) in [5.41, 5.74) is 0.964. The molecule has 2 atom stereocenters. The van der Waals surface area contributed by atoms with Gasteiger partial charge in [0.15, 0.2) is 5.82 Å². The summed E-state index contributed by atoms with van der Waals surface area (Å²) in [6.07, 6.45) is 1.60. The fraction of sp³-hybridized carbons (Fsp3) is 0.467. The zero-order valence-corrected chi connectivity index (χ0v) is 11.2. The van der Waals surface area contributed by atoms with E-state index in [-0.39, 0.29) is 11.3 Å². The molecule has 4 heteroatoms. The highest BCUT2D eigenvalue weighted by Gasteiger charge is 2.44. The molecular weight excluding hydrogens is 240 g/mol. The maximum atomic E-state index is 10.3. The molecule has 0 saturated heterocycles. The molecular formula is C15H18N2O2. The van der Waals surface area contributed by atoms with Gasteiger partial charge in [0.2, 0.25) is 5.89 Å². The van der Waals surface area contributed by atoms with Gasteiger partial charge in [0, 0.05) is 5.41 Å². The predicted molar refractivity (Wildman–Crippen MR) is 70.7 cm³/mol. The summed E-state index contributed by atoms with van der Waals surface area (Å²) in [5.74, 6) is 1.08. The lowest BCUT2D eigenvalue weighted by Crippen LogP contribution is -2.09. The molecule has 100 valence electrons. The third kappa shape index (κ3) is 2.28. The summed E-state index contributed by atoms with van der Waals surface area (Å²) >= 11 is 0. The van der Waals surface area contributed by atoms with Crippen LogP contribution in [0.3, 0.4) is 0 Å². The van der Waals surface area contributed by atoms with Gasteiger partial charge in [-0.25, -0.2) is 0 Å². The van der Waals surface area contributed by atoms with Crippen molar-refractivity contribution in [1.29, 1.82) is 0 Å². The first-order valence-electron chi connectivity index (χ1n) is 6.67. The lowest BCUT2D eigenvalue weighted by atomic mass is 9.97. The van der Waals surface area contributed by atoms with Gasteiger partial charge in [-0.2, -0.15) is 4.98 Å². The average Bonchev–Trinajstić information content (AvgIpc) is 3.01. The number of aromatic nitrogens is 2. The molecule has 0 spiro atoms. The fourth-order valence-electron chi connectivity index (χ4n) is 2.15. The van der Waals surface area contributed by atoms with Crippen molar-refractivity contribution in [3.8, 4) is 0 Å². The maximum Gasteiger partial charge on any atom is 0.232 e. The summed E-state index contributed by atoms with van der Waals surface area (Å²) in [6, 6.07) is 9.56. The highest BCUT2D eigenvalue weighted by atomic mass is 16.5. The summed E-state index contributed by atoms with van der Waals surface area (Å²) in [7, 11) is 0. The van der Waals surface area contributed by atoms with Crippen LogP contribution in [0.5, 0.6) is 0 Å². The van der Waals surface area contributed by atoms with Crippen LogP contribution in [0, 0.1) is 0 Å². The first-order valence-corrected chi connectivity index (χ1v) is 6.67. The Morgan fingerprint density at radius 1 is 1.26 bits per heavy atom. The second-order valence-electron chi connectivity index (χ2n) is 5.66. The van der Waals surface area contributed by atoms with Crippen LogP contribution in [0.2, 0.25) is 0 Å².